The van der Waals surface area contributed by atoms with E-state index in [1.165, 1.54) is 0 Å². The largest absolute Gasteiger partial charge is 0.491 e. The van der Waals surface area contributed by atoms with Crippen molar-refractivity contribution in [1.29, 1.82) is 0 Å². The molecule has 1 aliphatic heterocycles. The van der Waals surface area contributed by atoms with Crippen molar-refractivity contribution in [2.75, 3.05) is 13.1 Å². The molecule has 2 atom stereocenters. The van der Waals surface area contributed by atoms with Crippen LogP contribution in [0.25, 0.3) is 0 Å². The molecule has 1 fully saturated rings. The van der Waals surface area contributed by atoms with Crippen LogP contribution in [-0.2, 0) is 16.0 Å². The number of rotatable bonds is 6. The van der Waals surface area contributed by atoms with Gasteiger partial charge in [0.15, 0.2) is 0 Å². The van der Waals surface area contributed by atoms with E-state index in [4.69, 9.17) is 4.74 Å². The van der Waals surface area contributed by atoms with Gasteiger partial charge in [0, 0.05) is 24.6 Å². The molecule has 27 heavy (non-hydrogen) atoms. The molecule has 0 saturated carbocycles. The van der Waals surface area contributed by atoms with Gasteiger partial charge in [0.1, 0.15) is 5.75 Å². The molecule has 0 unspecified atom stereocenters. The van der Waals surface area contributed by atoms with E-state index in [0.717, 1.165) is 11.1 Å². The number of amides is 1. The van der Waals surface area contributed by atoms with Gasteiger partial charge in [-0.3, -0.25) is 9.59 Å². The lowest BCUT2D eigenvalue weighted by Gasteiger charge is -2.18. The average Bonchev–Trinajstić information content (AvgIpc) is 3.09. The SMILES string of the molecule is CC(C)Oc1ccccc1CC(=O)N1C[C@H](C(=O)O)[C@H](c2ccccc2)C1. The fraction of sp³-hybridized carbons (Fsp3) is 0.364. The molecule has 1 saturated heterocycles. The monoisotopic (exact) mass is 367 g/mol. The maximum atomic E-state index is 12.9. The molecule has 1 heterocycles. The minimum atomic E-state index is -0.859. The summed E-state index contributed by atoms with van der Waals surface area (Å²) in [6, 6.07) is 17.1. The fourth-order valence-electron chi connectivity index (χ4n) is 3.59. The summed E-state index contributed by atoms with van der Waals surface area (Å²) in [5, 5.41) is 9.62. The number of likely N-dealkylation sites (tertiary alicyclic amines) is 1. The van der Waals surface area contributed by atoms with Crippen LogP contribution in [0.3, 0.4) is 0 Å². The molecule has 0 radical (unpaired) electrons. The van der Waals surface area contributed by atoms with Gasteiger partial charge in [-0.25, -0.2) is 0 Å². The number of carboxylic acids is 1. The molecule has 2 aromatic carbocycles. The van der Waals surface area contributed by atoms with Gasteiger partial charge in [-0.15, -0.1) is 0 Å². The molecular formula is C22H25NO4. The molecule has 0 bridgehead atoms. The smallest absolute Gasteiger partial charge is 0.308 e. The van der Waals surface area contributed by atoms with Gasteiger partial charge in [-0.1, -0.05) is 48.5 Å². The number of benzene rings is 2. The predicted octanol–water partition coefficient (Wildman–Crippen LogP) is 3.34. The third-order valence-corrected chi connectivity index (χ3v) is 4.89. The maximum absolute atomic E-state index is 12.9. The van der Waals surface area contributed by atoms with Gasteiger partial charge in [0.25, 0.3) is 0 Å². The molecular weight excluding hydrogens is 342 g/mol. The summed E-state index contributed by atoms with van der Waals surface area (Å²) in [6.45, 7) is 4.55. The highest BCUT2D eigenvalue weighted by atomic mass is 16.5. The Bertz CT molecular complexity index is 803. The first-order valence-corrected chi connectivity index (χ1v) is 9.25. The van der Waals surface area contributed by atoms with Crippen molar-refractivity contribution in [3.05, 3.63) is 65.7 Å². The molecule has 5 heteroatoms. The Morgan fingerprint density at radius 2 is 1.74 bits per heavy atom. The van der Waals surface area contributed by atoms with Crippen molar-refractivity contribution in [2.24, 2.45) is 5.92 Å². The minimum Gasteiger partial charge on any atom is -0.491 e. The number of nitrogens with zero attached hydrogens (tertiary/aromatic N) is 1. The summed E-state index contributed by atoms with van der Waals surface area (Å²) in [6.07, 6.45) is 0.225. The number of hydrogen-bond acceptors (Lipinski definition) is 3. The fourth-order valence-corrected chi connectivity index (χ4v) is 3.59. The van der Waals surface area contributed by atoms with Crippen molar-refractivity contribution < 1.29 is 19.4 Å². The zero-order valence-corrected chi connectivity index (χ0v) is 15.7. The third-order valence-electron chi connectivity index (χ3n) is 4.89. The van der Waals surface area contributed by atoms with Gasteiger partial charge in [-0.05, 0) is 25.5 Å². The van der Waals surface area contributed by atoms with Crippen molar-refractivity contribution >= 4 is 11.9 Å². The standard InChI is InChI=1S/C22H25NO4/c1-15(2)27-20-11-7-6-10-17(20)12-21(24)23-13-18(19(14-23)22(25)26)16-8-4-3-5-9-16/h3-11,15,18-19H,12-14H2,1-2H3,(H,25,26)/t18-,19-/m0/s1. The van der Waals surface area contributed by atoms with Crippen LogP contribution in [0.15, 0.2) is 54.6 Å². The number of carboxylic acid groups (broad SMARTS) is 1. The second-order valence-electron chi connectivity index (χ2n) is 7.21. The van der Waals surface area contributed by atoms with Crippen LogP contribution in [0.1, 0.15) is 30.9 Å². The number of hydrogen-bond donors (Lipinski definition) is 1. The highest BCUT2D eigenvalue weighted by molar-refractivity contribution is 5.82. The molecule has 5 nitrogen and oxygen atoms in total. The molecule has 2 aromatic rings. The van der Waals surface area contributed by atoms with Gasteiger partial charge in [0.2, 0.25) is 5.91 Å². The molecule has 0 aliphatic carbocycles. The van der Waals surface area contributed by atoms with E-state index in [2.05, 4.69) is 0 Å². The van der Waals surface area contributed by atoms with Crippen molar-refractivity contribution in [3.63, 3.8) is 0 Å². The molecule has 0 spiro atoms. The first-order chi connectivity index (χ1) is 13.0. The van der Waals surface area contributed by atoms with Gasteiger partial charge < -0.3 is 14.7 Å². The number of carbonyl (C=O) groups excluding carboxylic acids is 1. The van der Waals surface area contributed by atoms with Crippen LogP contribution < -0.4 is 4.74 Å². The quantitative estimate of drug-likeness (QED) is 0.850. The van der Waals surface area contributed by atoms with Crippen LogP contribution in [0.4, 0.5) is 0 Å². The van der Waals surface area contributed by atoms with Gasteiger partial charge in [0.05, 0.1) is 18.4 Å². The van der Waals surface area contributed by atoms with Crippen molar-refractivity contribution in [2.45, 2.75) is 32.3 Å². The number of ether oxygens (including phenoxy) is 1. The first kappa shape index (κ1) is 19.0. The highest BCUT2D eigenvalue weighted by Crippen LogP contribution is 2.33. The Labute approximate surface area is 159 Å². The van der Waals surface area contributed by atoms with Crippen molar-refractivity contribution in [3.8, 4) is 5.75 Å². The summed E-state index contributed by atoms with van der Waals surface area (Å²) >= 11 is 0. The maximum Gasteiger partial charge on any atom is 0.308 e. The van der Waals surface area contributed by atoms with E-state index in [1.54, 1.807) is 4.90 Å². The van der Waals surface area contributed by atoms with Crippen LogP contribution in [-0.4, -0.2) is 41.1 Å². The Morgan fingerprint density at radius 1 is 1.07 bits per heavy atom. The zero-order valence-electron chi connectivity index (χ0n) is 15.7. The van der Waals surface area contributed by atoms with Crippen LogP contribution in [0.2, 0.25) is 0 Å². The van der Waals surface area contributed by atoms with Gasteiger partial charge in [-0.2, -0.15) is 0 Å². The minimum absolute atomic E-state index is 0.0203. The Morgan fingerprint density at radius 3 is 2.41 bits per heavy atom. The topological polar surface area (TPSA) is 66.8 Å². The Balaban J connectivity index is 1.75. The van der Waals surface area contributed by atoms with E-state index in [0.29, 0.717) is 12.3 Å². The lowest BCUT2D eigenvalue weighted by atomic mass is 9.89. The second-order valence-corrected chi connectivity index (χ2v) is 7.21. The summed E-state index contributed by atoms with van der Waals surface area (Å²) in [7, 11) is 0. The van der Waals surface area contributed by atoms with Crippen molar-refractivity contribution in [1.82, 2.24) is 4.90 Å². The van der Waals surface area contributed by atoms with Crippen LogP contribution in [0, 0.1) is 5.92 Å². The average molecular weight is 367 g/mol. The first-order valence-electron chi connectivity index (χ1n) is 9.25. The molecule has 1 N–H and O–H groups in total. The summed E-state index contributed by atoms with van der Waals surface area (Å²) < 4.78 is 5.79. The highest BCUT2D eigenvalue weighted by Gasteiger charge is 2.40. The Kier molecular flexibility index (Phi) is 5.79. The number of aliphatic carboxylic acids is 1. The summed E-state index contributed by atoms with van der Waals surface area (Å²) in [5.41, 5.74) is 1.79. The van der Waals surface area contributed by atoms with E-state index in [9.17, 15) is 14.7 Å². The lowest BCUT2D eigenvalue weighted by molar-refractivity contribution is -0.141. The van der Waals surface area contributed by atoms with Crippen LogP contribution in [0.5, 0.6) is 5.75 Å². The Hall–Kier alpha value is -2.82. The van der Waals surface area contributed by atoms with E-state index < -0.39 is 11.9 Å². The zero-order chi connectivity index (χ0) is 19.4. The van der Waals surface area contributed by atoms with Crippen LogP contribution >= 0.6 is 0 Å². The lowest BCUT2D eigenvalue weighted by Crippen LogP contribution is -2.31. The molecule has 1 amide bonds. The molecule has 3 rings (SSSR count). The normalized spacial score (nSPS) is 19.3. The molecule has 0 aromatic heterocycles. The summed E-state index contributed by atoms with van der Waals surface area (Å²) in [5.74, 6) is -0.995. The molecule has 1 aliphatic rings. The number of carbonyl (C=O) groups is 2. The van der Waals surface area contributed by atoms with E-state index in [1.807, 2.05) is 68.4 Å². The number of para-hydroxylation sites is 1. The van der Waals surface area contributed by atoms with E-state index >= 15 is 0 Å². The predicted molar refractivity (Wildman–Crippen MR) is 103 cm³/mol. The van der Waals surface area contributed by atoms with E-state index in [-0.39, 0.29) is 30.9 Å². The second kappa shape index (κ2) is 8.25. The summed E-state index contributed by atoms with van der Waals surface area (Å²) in [4.78, 5) is 26.3. The third kappa shape index (κ3) is 4.48. The van der Waals surface area contributed by atoms with Gasteiger partial charge >= 0.3 is 5.97 Å². The molecule has 142 valence electrons.